The molecule has 19 heavy (non-hydrogen) atoms. The van der Waals surface area contributed by atoms with Crippen LogP contribution in [0.25, 0.3) is 17.3 Å². The predicted octanol–water partition coefficient (Wildman–Crippen LogP) is 2.72. The van der Waals surface area contributed by atoms with Crippen molar-refractivity contribution < 1.29 is 4.79 Å². The lowest BCUT2D eigenvalue weighted by Crippen LogP contribution is -2.13. The normalized spacial score (nSPS) is 13.3. The highest BCUT2D eigenvalue weighted by molar-refractivity contribution is 6.32. The molecule has 0 saturated heterocycles. The third-order valence-electron chi connectivity index (χ3n) is 3.23. The molecule has 1 amide bonds. The fourth-order valence-corrected chi connectivity index (χ4v) is 2.60. The molecule has 0 atom stereocenters. The van der Waals surface area contributed by atoms with E-state index in [-0.39, 0.29) is 0 Å². The van der Waals surface area contributed by atoms with E-state index in [2.05, 4.69) is 9.55 Å². The second-order valence-corrected chi connectivity index (χ2v) is 4.74. The van der Waals surface area contributed by atoms with Crippen molar-refractivity contribution in [2.75, 3.05) is 0 Å². The summed E-state index contributed by atoms with van der Waals surface area (Å²) < 4.78 is 2.06. The SMILES string of the molecule is NC(=O)c1cc(-c2cccnc2Cl)n2c1C=CCC2. The van der Waals surface area contributed by atoms with Crippen LogP contribution < -0.4 is 5.73 Å². The maximum absolute atomic E-state index is 11.5. The van der Waals surface area contributed by atoms with Crippen molar-refractivity contribution >= 4 is 23.6 Å². The van der Waals surface area contributed by atoms with Crippen molar-refractivity contribution in [3.63, 3.8) is 0 Å². The Balaban J connectivity index is 2.26. The van der Waals surface area contributed by atoms with Crippen LogP contribution in [0.2, 0.25) is 5.15 Å². The molecular weight excluding hydrogens is 262 g/mol. The summed E-state index contributed by atoms with van der Waals surface area (Å²) in [6.07, 6.45) is 6.53. The van der Waals surface area contributed by atoms with Crippen molar-refractivity contribution in [1.82, 2.24) is 9.55 Å². The van der Waals surface area contributed by atoms with Gasteiger partial charge in [-0.05, 0) is 30.7 Å². The zero-order chi connectivity index (χ0) is 13.4. The Kier molecular flexibility index (Phi) is 2.87. The Bertz CT molecular complexity index is 688. The number of nitrogens with zero attached hydrogens (tertiary/aromatic N) is 2. The predicted molar refractivity (Wildman–Crippen MR) is 74.8 cm³/mol. The van der Waals surface area contributed by atoms with Gasteiger partial charge in [-0.25, -0.2) is 4.98 Å². The van der Waals surface area contributed by atoms with Crippen molar-refractivity contribution in [3.8, 4) is 11.3 Å². The minimum atomic E-state index is -0.429. The fraction of sp³-hybridized carbons (Fsp3) is 0.143. The number of pyridine rings is 1. The lowest BCUT2D eigenvalue weighted by molar-refractivity contribution is 0.1000. The topological polar surface area (TPSA) is 60.9 Å². The first kappa shape index (κ1) is 12.0. The van der Waals surface area contributed by atoms with Gasteiger partial charge in [0.25, 0.3) is 5.91 Å². The Labute approximate surface area is 115 Å². The van der Waals surface area contributed by atoms with Crippen molar-refractivity contribution in [1.29, 1.82) is 0 Å². The summed E-state index contributed by atoms with van der Waals surface area (Å²) in [6.45, 7) is 0.805. The van der Waals surface area contributed by atoms with Crippen LogP contribution in [0.3, 0.4) is 0 Å². The molecule has 0 aliphatic carbocycles. The van der Waals surface area contributed by atoms with Gasteiger partial charge in [-0.1, -0.05) is 17.7 Å². The van der Waals surface area contributed by atoms with Crippen LogP contribution in [0.5, 0.6) is 0 Å². The maximum atomic E-state index is 11.5. The van der Waals surface area contributed by atoms with Crippen LogP contribution in [0.4, 0.5) is 0 Å². The molecule has 2 N–H and O–H groups in total. The van der Waals surface area contributed by atoms with Crippen LogP contribution in [-0.2, 0) is 6.54 Å². The Morgan fingerprint density at radius 2 is 2.32 bits per heavy atom. The van der Waals surface area contributed by atoms with Crippen LogP contribution in [0.1, 0.15) is 22.5 Å². The summed E-state index contributed by atoms with van der Waals surface area (Å²) in [6, 6.07) is 5.50. The second-order valence-electron chi connectivity index (χ2n) is 4.38. The van der Waals surface area contributed by atoms with Crippen LogP contribution >= 0.6 is 11.6 Å². The molecule has 1 aliphatic heterocycles. The molecular formula is C14H12ClN3O. The molecule has 3 rings (SSSR count). The van der Waals surface area contributed by atoms with Crippen LogP contribution in [0, 0.1) is 0 Å². The second kappa shape index (κ2) is 4.55. The molecule has 96 valence electrons. The molecule has 2 aromatic rings. The number of hydrogen-bond acceptors (Lipinski definition) is 2. The number of allylic oxidation sites excluding steroid dienone is 1. The number of carbonyl (C=O) groups is 1. The Morgan fingerprint density at radius 1 is 1.47 bits per heavy atom. The van der Waals surface area contributed by atoms with Crippen LogP contribution in [0.15, 0.2) is 30.5 Å². The Morgan fingerprint density at radius 3 is 3.05 bits per heavy atom. The van der Waals surface area contributed by atoms with E-state index in [4.69, 9.17) is 17.3 Å². The van der Waals surface area contributed by atoms with Gasteiger partial charge < -0.3 is 10.3 Å². The van der Waals surface area contributed by atoms with E-state index in [1.807, 2.05) is 24.3 Å². The smallest absolute Gasteiger partial charge is 0.250 e. The Hall–Kier alpha value is -2.07. The van der Waals surface area contributed by atoms with E-state index in [0.717, 1.165) is 29.9 Å². The zero-order valence-corrected chi connectivity index (χ0v) is 10.9. The highest BCUT2D eigenvalue weighted by Crippen LogP contribution is 2.32. The molecule has 0 fully saturated rings. The van der Waals surface area contributed by atoms with Crippen LogP contribution in [-0.4, -0.2) is 15.5 Å². The number of hydrogen-bond donors (Lipinski definition) is 1. The van der Waals surface area contributed by atoms with Gasteiger partial charge in [-0.2, -0.15) is 0 Å². The van der Waals surface area contributed by atoms with Gasteiger partial charge in [0.15, 0.2) is 0 Å². The number of aromatic nitrogens is 2. The average molecular weight is 274 g/mol. The third kappa shape index (κ3) is 1.94. The largest absolute Gasteiger partial charge is 0.366 e. The first-order valence-electron chi connectivity index (χ1n) is 5.99. The van der Waals surface area contributed by atoms with Gasteiger partial charge in [-0.3, -0.25) is 4.79 Å². The number of halogens is 1. The lowest BCUT2D eigenvalue weighted by Gasteiger charge is -2.14. The van der Waals surface area contributed by atoms with Crippen molar-refractivity contribution in [3.05, 3.63) is 46.9 Å². The minimum absolute atomic E-state index is 0.424. The van der Waals surface area contributed by atoms with E-state index in [1.54, 1.807) is 12.3 Å². The average Bonchev–Trinajstić information content (AvgIpc) is 2.79. The van der Waals surface area contributed by atoms with E-state index in [9.17, 15) is 4.79 Å². The first-order chi connectivity index (χ1) is 9.18. The lowest BCUT2D eigenvalue weighted by atomic mass is 10.1. The van der Waals surface area contributed by atoms with Gasteiger partial charge in [-0.15, -0.1) is 0 Å². The molecule has 3 heterocycles. The molecule has 0 unspecified atom stereocenters. The molecule has 0 spiro atoms. The fourth-order valence-electron chi connectivity index (χ4n) is 2.38. The molecule has 0 saturated carbocycles. The number of primary amides is 1. The minimum Gasteiger partial charge on any atom is -0.366 e. The van der Waals surface area contributed by atoms with Gasteiger partial charge >= 0.3 is 0 Å². The van der Waals surface area contributed by atoms with Crippen molar-refractivity contribution in [2.45, 2.75) is 13.0 Å². The summed E-state index contributed by atoms with van der Waals surface area (Å²) in [4.78, 5) is 15.6. The van der Waals surface area contributed by atoms with Gasteiger partial charge in [0.2, 0.25) is 0 Å². The molecule has 5 heteroatoms. The number of nitrogens with two attached hydrogens (primary N) is 1. The summed E-state index contributed by atoms with van der Waals surface area (Å²) in [5.41, 5.74) is 8.49. The summed E-state index contributed by atoms with van der Waals surface area (Å²) in [7, 11) is 0. The molecule has 1 aliphatic rings. The molecule has 2 aromatic heterocycles. The molecule has 4 nitrogen and oxygen atoms in total. The zero-order valence-electron chi connectivity index (χ0n) is 10.1. The maximum Gasteiger partial charge on any atom is 0.250 e. The first-order valence-corrected chi connectivity index (χ1v) is 6.37. The summed E-state index contributed by atoms with van der Waals surface area (Å²) in [5, 5.41) is 0.424. The van der Waals surface area contributed by atoms with E-state index < -0.39 is 5.91 Å². The van der Waals surface area contributed by atoms with E-state index >= 15 is 0 Å². The molecule has 0 aromatic carbocycles. The van der Waals surface area contributed by atoms with E-state index in [1.165, 1.54) is 0 Å². The number of fused-ring (bicyclic) bond motifs is 1. The van der Waals surface area contributed by atoms with Gasteiger partial charge in [0, 0.05) is 18.3 Å². The quantitative estimate of drug-likeness (QED) is 0.855. The highest BCUT2D eigenvalue weighted by Gasteiger charge is 2.20. The number of amides is 1. The molecule has 0 radical (unpaired) electrons. The highest BCUT2D eigenvalue weighted by atomic mass is 35.5. The standard InChI is InChI=1S/C14H12ClN3O/c15-13-9(4-3-6-17-13)12-8-10(14(16)19)11-5-1-2-7-18(11)12/h1,3-6,8H,2,7H2,(H2,16,19). The molecule has 0 bridgehead atoms. The van der Waals surface area contributed by atoms with Gasteiger partial charge in [0.05, 0.1) is 17.0 Å². The van der Waals surface area contributed by atoms with E-state index in [0.29, 0.717) is 10.7 Å². The monoisotopic (exact) mass is 273 g/mol. The van der Waals surface area contributed by atoms with Crippen molar-refractivity contribution in [2.24, 2.45) is 5.73 Å². The number of rotatable bonds is 2. The van der Waals surface area contributed by atoms with Gasteiger partial charge in [0.1, 0.15) is 5.15 Å². The number of carbonyl (C=O) groups excluding carboxylic acids is 1. The summed E-state index contributed by atoms with van der Waals surface area (Å²) in [5.74, 6) is -0.429. The summed E-state index contributed by atoms with van der Waals surface area (Å²) >= 11 is 6.13. The third-order valence-corrected chi connectivity index (χ3v) is 3.54.